The summed E-state index contributed by atoms with van der Waals surface area (Å²) in [6.45, 7) is 4.20. The third-order valence-corrected chi connectivity index (χ3v) is 9.28. The Kier molecular flexibility index (Phi) is 4.67. The van der Waals surface area contributed by atoms with Gasteiger partial charge in [0.15, 0.2) is 0 Å². The molecule has 5 aromatic carbocycles. The highest BCUT2D eigenvalue weighted by Gasteiger charge is 2.35. The molecule has 1 atom stereocenters. The molecule has 2 aliphatic heterocycles. The molecule has 4 amide bonds. The minimum Gasteiger partial charge on any atom is -0.288 e. The molecule has 6 nitrogen and oxygen atoms in total. The van der Waals surface area contributed by atoms with E-state index in [0.29, 0.717) is 37.5 Å². The van der Waals surface area contributed by atoms with Crippen LogP contribution < -0.4 is 10.6 Å². The van der Waals surface area contributed by atoms with Crippen LogP contribution in [0.5, 0.6) is 0 Å². The van der Waals surface area contributed by atoms with Gasteiger partial charge in [0.05, 0.1) is 5.56 Å². The summed E-state index contributed by atoms with van der Waals surface area (Å²) < 4.78 is 1.50. The topological polar surface area (TPSA) is 92.3 Å². The number of rotatable bonds is 3. The summed E-state index contributed by atoms with van der Waals surface area (Å²) in [5.41, 5.74) is 2.74. The van der Waals surface area contributed by atoms with E-state index in [1.807, 2.05) is 12.1 Å². The lowest BCUT2D eigenvalue weighted by atomic mass is 9.79. The van der Waals surface area contributed by atoms with E-state index in [0.717, 1.165) is 55.2 Å². The zero-order valence-electron chi connectivity index (χ0n) is 19.8. The van der Waals surface area contributed by atoms with Gasteiger partial charge in [-0.1, -0.05) is 48.3 Å². The molecule has 37 heavy (non-hydrogen) atoms. The van der Waals surface area contributed by atoms with Gasteiger partial charge in [-0.2, -0.15) is 0 Å². The van der Waals surface area contributed by atoms with Gasteiger partial charge >= 0.3 is 0 Å². The maximum atomic E-state index is 13.4. The lowest BCUT2D eigenvalue weighted by molar-refractivity contribution is 0.0828. The highest BCUT2D eigenvalue weighted by atomic mass is 79.9. The van der Waals surface area contributed by atoms with E-state index in [4.69, 9.17) is 0 Å². The number of hydrogen-bond acceptors (Lipinski definition) is 4. The summed E-state index contributed by atoms with van der Waals surface area (Å²) in [4.78, 5) is 52.0. The number of nitrogens with one attached hydrogen (secondary N) is 2. The Morgan fingerprint density at radius 1 is 0.703 bits per heavy atom. The van der Waals surface area contributed by atoms with Crippen molar-refractivity contribution in [2.45, 2.75) is 32.6 Å². The SMILES string of the molecule is CCCC(C)c1c2c3c(ccc4c5c(Br)cc6c7c(ccc(c(c1Br)c34)c75)C(=O)NC6=O)C(=O)NC2=O. The molecule has 0 bridgehead atoms. The predicted molar refractivity (Wildman–Crippen MR) is 150 cm³/mol. The molecule has 1 unspecified atom stereocenters. The first-order valence-electron chi connectivity index (χ1n) is 12.1. The zero-order chi connectivity index (χ0) is 25.9. The maximum absolute atomic E-state index is 13.4. The van der Waals surface area contributed by atoms with Crippen molar-refractivity contribution < 1.29 is 19.2 Å². The summed E-state index contributed by atoms with van der Waals surface area (Å²) >= 11 is 7.58. The fraction of sp³-hybridized carbons (Fsp3) is 0.172. The Morgan fingerprint density at radius 2 is 1.27 bits per heavy atom. The van der Waals surface area contributed by atoms with Crippen LogP contribution in [0.25, 0.3) is 43.1 Å². The van der Waals surface area contributed by atoms with Crippen LogP contribution in [-0.4, -0.2) is 23.6 Å². The van der Waals surface area contributed by atoms with E-state index in [2.05, 4.69) is 56.3 Å². The molecule has 0 aromatic heterocycles. The summed E-state index contributed by atoms with van der Waals surface area (Å²) in [5.74, 6) is -1.62. The second kappa shape index (κ2) is 7.58. The summed E-state index contributed by atoms with van der Waals surface area (Å²) in [6, 6.07) is 9.06. The van der Waals surface area contributed by atoms with E-state index < -0.39 is 23.6 Å². The molecule has 0 saturated heterocycles. The van der Waals surface area contributed by atoms with E-state index in [9.17, 15) is 19.2 Å². The average Bonchev–Trinajstić information content (AvgIpc) is 2.85. The fourth-order valence-corrected chi connectivity index (χ4v) is 8.02. The number of amides is 4. The largest absolute Gasteiger partial charge is 0.288 e. The van der Waals surface area contributed by atoms with E-state index in [1.165, 1.54) is 0 Å². The number of carbonyl (C=O) groups is 4. The first-order chi connectivity index (χ1) is 17.7. The third-order valence-electron chi connectivity index (χ3n) is 7.83. The van der Waals surface area contributed by atoms with Gasteiger partial charge < -0.3 is 0 Å². The molecule has 0 spiro atoms. The molecule has 2 aliphatic rings. The minimum absolute atomic E-state index is 0.0472. The molecular weight excluding hydrogens is 600 g/mol. The van der Waals surface area contributed by atoms with Crippen molar-refractivity contribution in [1.82, 2.24) is 10.6 Å². The van der Waals surface area contributed by atoms with Crippen molar-refractivity contribution in [2.24, 2.45) is 0 Å². The van der Waals surface area contributed by atoms with E-state index in [1.54, 1.807) is 18.2 Å². The van der Waals surface area contributed by atoms with Crippen LogP contribution >= 0.6 is 31.9 Å². The Hall–Kier alpha value is -3.36. The summed E-state index contributed by atoms with van der Waals surface area (Å²) in [6.07, 6.45) is 1.80. The van der Waals surface area contributed by atoms with Crippen LogP contribution in [0.4, 0.5) is 0 Å². The van der Waals surface area contributed by atoms with Gasteiger partial charge in [0, 0.05) is 58.0 Å². The van der Waals surface area contributed by atoms with E-state index >= 15 is 0 Å². The smallest absolute Gasteiger partial charge is 0.259 e. The molecule has 0 aliphatic carbocycles. The van der Waals surface area contributed by atoms with Crippen molar-refractivity contribution in [2.75, 3.05) is 0 Å². The van der Waals surface area contributed by atoms with Gasteiger partial charge in [0.1, 0.15) is 0 Å². The Morgan fingerprint density at radius 3 is 1.95 bits per heavy atom. The number of carbonyl (C=O) groups excluding carboxylic acids is 4. The Bertz CT molecular complexity index is 1960. The van der Waals surface area contributed by atoms with Gasteiger partial charge in [-0.25, -0.2) is 0 Å². The zero-order valence-corrected chi connectivity index (χ0v) is 22.9. The van der Waals surface area contributed by atoms with Crippen molar-refractivity contribution in [3.05, 3.63) is 67.1 Å². The van der Waals surface area contributed by atoms with Gasteiger partial charge in [-0.3, -0.25) is 29.8 Å². The molecule has 7 rings (SSSR count). The molecular formula is C29H18Br2N2O4. The predicted octanol–water partition coefficient (Wildman–Crippen LogP) is 6.93. The van der Waals surface area contributed by atoms with Gasteiger partial charge in [-0.05, 0) is 62.8 Å². The van der Waals surface area contributed by atoms with Crippen LogP contribution in [0.1, 0.15) is 79.6 Å². The Balaban J connectivity index is 1.84. The number of benzene rings is 5. The van der Waals surface area contributed by atoms with Crippen LogP contribution in [-0.2, 0) is 0 Å². The standard InChI is InChI=1S/C29H18Br2N2O4/c1-3-4-10(2)17-24-22-14(27(35)33-29(24)37)8-5-11-19-16(30)9-15-18-13(26(34)32-28(15)36)7-6-12(20(18)19)23(21(11)22)25(17)31/h5-10H,3-4H2,1-2H3,(H,32,34,36)(H,33,35,37). The van der Waals surface area contributed by atoms with Crippen LogP contribution in [0, 0.1) is 0 Å². The highest BCUT2D eigenvalue weighted by molar-refractivity contribution is 9.11. The normalized spacial score (nSPS) is 15.8. The maximum Gasteiger partial charge on any atom is 0.259 e. The first kappa shape index (κ1) is 22.8. The Labute approximate surface area is 227 Å². The fourth-order valence-electron chi connectivity index (χ4n) is 6.38. The second-order valence-corrected chi connectivity index (χ2v) is 11.5. The number of imide groups is 2. The minimum atomic E-state index is -0.434. The van der Waals surface area contributed by atoms with Crippen molar-refractivity contribution in [1.29, 1.82) is 0 Å². The first-order valence-corrected chi connectivity index (χ1v) is 13.7. The van der Waals surface area contributed by atoms with Crippen LogP contribution in [0.2, 0.25) is 0 Å². The number of halogens is 2. The average molecular weight is 618 g/mol. The molecule has 0 fully saturated rings. The lowest BCUT2D eigenvalue weighted by Crippen LogP contribution is -2.36. The van der Waals surface area contributed by atoms with Crippen molar-refractivity contribution >= 4 is 98.6 Å². The third kappa shape index (κ3) is 2.75. The van der Waals surface area contributed by atoms with Gasteiger partial charge in [-0.15, -0.1) is 0 Å². The van der Waals surface area contributed by atoms with Crippen LogP contribution in [0.3, 0.4) is 0 Å². The molecule has 2 heterocycles. The molecule has 0 saturated carbocycles. The monoisotopic (exact) mass is 616 g/mol. The molecule has 5 aromatic rings. The van der Waals surface area contributed by atoms with Gasteiger partial charge in [0.25, 0.3) is 23.6 Å². The second-order valence-electron chi connectivity index (χ2n) is 9.84. The van der Waals surface area contributed by atoms with Gasteiger partial charge in [0.2, 0.25) is 0 Å². The summed E-state index contributed by atoms with van der Waals surface area (Å²) in [5, 5.41) is 11.3. The highest BCUT2D eigenvalue weighted by Crippen LogP contribution is 2.51. The lowest BCUT2D eigenvalue weighted by Gasteiger charge is -2.28. The molecule has 2 N–H and O–H groups in total. The quantitative estimate of drug-likeness (QED) is 0.130. The van der Waals surface area contributed by atoms with E-state index in [-0.39, 0.29) is 5.92 Å². The van der Waals surface area contributed by atoms with Crippen molar-refractivity contribution in [3.63, 3.8) is 0 Å². The number of hydrogen-bond donors (Lipinski definition) is 2. The molecule has 0 radical (unpaired) electrons. The van der Waals surface area contributed by atoms with Crippen molar-refractivity contribution in [3.8, 4) is 0 Å². The number of fused-ring (bicyclic) bond motifs is 2. The molecule has 8 heteroatoms. The van der Waals surface area contributed by atoms with Crippen LogP contribution in [0.15, 0.2) is 39.3 Å². The summed E-state index contributed by atoms with van der Waals surface area (Å²) in [7, 11) is 0. The molecule has 182 valence electrons.